The average Bonchev–Trinajstić information content (AvgIpc) is 3.13. The van der Waals surface area contributed by atoms with E-state index < -0.39 is 5.67 Å². The third kappa shape index (κ3) is 3.26. The maximum Gasteiger partial charge on any atom is 0.263 e. The van der Waals surface area contributed by atoms with Gasteiger partial charge in [0.25, 0.3) is 5.89 Å². The van der Waals surface area contributed by atoms with E-state index >= 15 is 0 Å². The number of rotatable bonds is 5. The molecule has 5 nitrogen and oxygen atoms in total. The number of pyridine rings is 1. The van der Waals surface area contributed by atoms with E-state index in [0.29, 0.717) is 11.2 Å². The highest BCUT2D eigenvalue weighted by atomic mass is 79.9. The summed E-state index contributed by atoms with van der Waals surface area (Å²) in [6.07, 6.45) is 8.27. The van der Waals surface area contributed by atoms with Gasteiger partial charge in [-0.2, -0.15) is 4.98 Å². The lowest BCUT2D eigenvalue weighted by Crippen LogP contribution is -2.47. The van der Waals surface area contributed by atoms with Gasteiger partial charge >= 0.3 is 0 Å². The summed E-state index contributed by atoms with van der Waals surface area (Å²) in [5.74, 6) is 1.70. The molecule has 0 amide bonds. The maximum atomic E-state index is 14.1. The zero-order valence-electron chi connectivity index (χ0n) is 15.2. The lowest BCUT2D eigenvalue weighted by molar-refractivity contribution is 0.0444. The summed E-state index contributed by atoms with van der Waals surface area (Å²) in [5, 5.41) is 7.65. The normalized spacial score (nSPS) is 28.3. The number of hydrogen-bond acceptors (Lipinski definition) is 5. The van der Waals surface area contributed by atoms with Crippen LogP contribution in [0.25, 0.3) is 0 Å². The molecule has 0 unspecified atom stereocenters. The van der Waals surface area contributed by atoms with Crippen LogP contribution in [0.2, 0.25) is 0 Å². The van der Waals surface area contributed by atoms with Crippen molar-refractivity contribution in [3.8, 4) is 0 Å². The highest BCUT2D eigenvalue weighted by molar-refractivity contribution is 9.10. The van der Waals surface area contributed by atoms with Crippen LogP contribution >= 0.6 is 15.9 Å². The molecule has 7 heteroatoms. The minimum Gasteiger partial charge on any atom is -0.369 e. The number of nitrogens with one attached hydrogen (secondary N) is 1. The third-order valence-electron chi connectivity index (χ3n) is 6.18. The molecule has 0 aliphatic heterocycles. The summed E-state index contributed by atoms with van der Waals surface area (Å²) in [5.41, 5.74) is -1.32. The van der Waals surface area contributed by atoms with E-state index in [0.717, 1.165) is 55.4 Å². The SMILES string of the molecule is CC(C)(F)c1nc(C23CCC(CNc4cc(Br)ccn4)(CC2)CC3)no1. The van der Waals surface area contributed by atoms with Crippen LogP contribution < -0.4 is 5.32 Å². The predicted molar refractivity (Wildman–Crippen MR) is 101 cm³/mol. The largest absolute Gasteiger partial charge is 0.369 e. The van der Waals surface area contributed by atoms with Crippen LogP contribution in [0.5, 0.6) is 0 Å². The van der Waals surface area contributed by atoms with Gasteiger partial charge in [-0.05, 0) is 69.9 Å². The smallest absolute Gasteiger partial charge is 0.263 e. The van der Waals surface area contributed by atoms with E-state index in [-0.39, 0.29) is 11.3 Å². The molecule has 1 N–H and O–H groups in total. The highest BCUT2D eigenvalue weighted by Crippen LogP contribution is 2.57. The van der Waals surface area contributed by atoms with Gasteiger partial charge in [0.2, 0.25) is 0 Å². The fraction of sp³-hybridized carbons (Fsp3) is 0.632. The maximum absolute atomic E-state index is 14.1. The Hall–Kier alpha value is -1.50. The number of fused-ring (bicyclic) bond motifs is 3. The second kappa shape index (κ2) is 6.29. The standard InChI is InChI=1S/C19H24BrFN4O/c1-17(2,21)16-24-15(25-26-16)19-7-4-18(5-8-19,6-9-19)12-23-14-11-13(20)3-10-22-14/h3,10-11H,4-9,12H2,1-2H3,(H,22,23). The van der Waals surface area contributed by atoms with Gasteiger partial charge < -0.3 is 9.84 Å². The molecule has 26 heavy (non-hydrogen) atoms. The Balaban J connectivity index is 1.44. The summed E-state index contributed by atoms with van der Waals surface area (Å²) < 4.78 is 20.3. The molecule has 3 aliphatic carbocycles. The topological polar surface area (TPSA) is 63.8 Å². The Morgan fingerprint density at radius 3 is 2.50 bits per heavy atom. The number of hydrogen-bond donors (Lipinski definition) is 1. The monoisotopic (exact) mass is 422 g/mol. The Morgan fingerprint density at radius 2 is 1.92 bits per heavy atom. The highest BCUT2D eigenvalue weighted by Gasteiger charge is 2.51. The molecule has 3 fully saturated rings. The Morgan fingerprint density at radius 1 is 1.23 bits per heavy atom. The predicted octanol–water partition coefficient (Wildman–Crippen LogP) is 5.14. The fourth-order valence-corrected chi connectivity index (χ4v) is 4.66. The summed E-state index contributed by atoms with van der Waals surface area (Å²) in [6, 6.07) is 3.93. The van der Waals surface area contributed by atoms with Crippen LogP contribution in [0.1, 0.15) is 64.1 Å². The number of aromatic nitrogens is 3. The van der Waals surface area contributed by atoms with E-state index in [1.54, 1.807) is 6.20 Å². The molecule has 140 valence electrons. The van der Waals surface area contributed by atoms with E-state index in [4.69, 9.17) is 4.52 Å². The molecule has 2 aromatic heterocycles. The van der Waals surface area contributed by atoms with Crippen molar-refractivity contribution in [2.75, 3.05) is 11.9 Å². The molecule has 3 saturated carbocycles. The first-order chi connectivity index (χ1) is 12.3. The Bertz CT molecular complexity index is 776. The number of nitrogens with zero attached hydrogens (tertiary/aromatic N) is 3. The lowest BCUT2D eigenvalue weighted by Gasteiger charge is -2.52. The van der Waals surface area contributed by atoms with Gasteiger partial charge in [0.05, 0.1) is 0 Å². The van der Waals surface area contributed by atoms with Gasteiger partial charge in [-0.25, -0.2) is 9.37 Å². The van der Waals surface area contributed by atoms with Crippen LogP contribution in [0.3, 0.4) is 0 Å². The first kappa shape index (κ1) is 17.9. The summed E-state index contributed by atoms with van der Waals surface area (Å²) in [6.45, 7) is 3.84. The molecular formula is C19H24BrFN4O. The van der Waals surface area contributed by atoms with Crippen molar-refractivity contribution in [3.63, 3.8) is 0 Å². The average molecular weight is 423 g/mol. The zero-order chi connectivity index (χ0) is 18.4. The van der Waals surface area contributed by atoms with Crippen LogP contribution in [-0.4, -0.2) is 21.7 Å². The second-order valence-electron chi connectivity index (χ2n) is 8.39. The van der Waals surface area contributed by atoms with Gasteiger partial charge in [-0.3, -0.25) is 0 Å². The minimum atomic E-state index is -1.59. The van der Waals surface area contributed by atoms with Crippen LogP contribution in [-0.2, 0) is 11.1 Å². The Kier molecular flexibility index (Phi) is 4.33. The molecule has 0 aromatic carbocycles. The first-order valence-electron chi connectivity index (χ1n) is 9.20. The minimum absolute atomic E-state index is 0.0389. The van der Waals surface area contributed by atoms with Gasteiger partial charge in [0, 0.05) is 22.6 Å². The first-order valence-corrected chi connectivity index (χ1v) is 9.99. The molecule has 2 bridgehead atoms. The van der Waals surface area contributed by atoms with Gasteiger partial charge in [0.15, 0.2) is 11.5 Å². The van der Waals surface area contributed by atoms with E-state index in [1.807, 2.05) is 12.1 Å². The van der Waals surface area contributed by atoms with Crippen molar-refractivity contribution in [2.24, 2.45) is 5.41 Å². The summed E-state index contributed by atoms with van der Waals surface area (Å²) >= 11 is 3.49. The number of alkyl halides is 1. The van der Waals surface area contributed by atoms with Crippen molar-refractivity contribution < 1.29 is 8.91 Å². The molecule has 2 aromatic rings. The zero-order valence-corrected chi connectivity index (χ0v) is 16.8. The molecule has 0 radical (unpaired) electrons. The van der Waals surface area contributed by atoms with Crippen molar-refractivity contribution in [1.82, 2.24) is 15.1 Å². The van der Waals surface area contributed by atoms with Crippen molar-refractivity contribution in [3.05, 3.63) is 34.5 Å². The van der Waals surface area contributed by atoms with Crippen LogP contribution in [0, 0.1) is 5.41 Å². The van der Waals surface area contributed by atoms with Crippen molar-refractivity contribution >= 4 is 21.7 Å². The quantitative estimate of drug-likeness (QED) is 0.722. The van der Waals surface area contributed by atoms with E-state index in [2.05, 4.69) is 36.4 Å². The molecule has 5 rings (SSSR count). The molecule has 2 heterocycles. The van der Waals surface area contributed by atoms with Gasteiger partial charge in [0.1, 0.15) is 5.82 Å². The molecule has 0 saturated heterocycles. The molecule has 0 atom stereocenters. The number of anilines is 1. The van der Waals surface area contributed by atoms with E-state index in [9.17, 15) is 4.39 Å². The fourth-order valence-electron chi connectivity index (χ4n) is 4.32. The molecular weight excluding hydrogens is 399 g/mol. The van der Waals surface area contributed by atoms with E-state index in [1.165, 1.54) is 13.8 Å². The summed E-state index contributed by atoms with van der Waals surface area (Å²) in [7, 11) is 0. The van der Waals surface area contributed by atoms with Crippen LogP contribution in [0.4, 0.5) is 10.2 Å². The summed E-state index contributed by atoms with van der Waals surface area (Å²) in [4.78, 5) is 8.80. The second-order valence-corrected chi connectivity index (χ2v) is 9.30. The Labute approximate surface area is 161 Å². The molecule has 3 aliphatic rings. The van der Waals surface area contributed by atoms with Crippen LogP contribution in [0.15, 0.2) is 27.3 Å². The van der Waals surface area contributed by atoms with Gasteiger partial charge in [-0.1, -0.05) is 21.1 Å². The number of halogens is 2. The van der Waals surface area contributed by atoms with Gasteiger partial charge in [-0.15, -0.1) is 0 Å². The van der Waals surface area contributed by atoms with Crippen molar-refractivity contribution in [1.29, 1.82) is 0 Å². The third-order valence-corrected chi connectivity index (χ3v) is 6.67. The van der Waals surface area contributed by atoms with Crippen molar-refractivity contribution in [2.45, 2.75) is 63.5 Å². The lowest BCUT2D eigenvalue weighted by atomic mass is 9.53. The molecule has 0 spiro atoms.